The number of hydrogen-bond acceptors (Lipinski definition) is 4. The van der Waals surface area contributed by atoms with Crippen LogP contribution in [0.25, 0.3) is 0 Å². The first kappa shape index (κ1) is 9.22. The van der Waals surface area contributed by atoms with Crippen molar-refractivity contribution in [3.63, 3.8) is 0 Å². The zero-order chi connectivity index (χ0) is 9.14. The van der Waals surface area contributed by atoms with Crippen LogP contribution < -0.4 is 0 Å². The minimum Gasteiger partial charge on any atom is -0.464 e. The smallest absolute Gasteiger partial charge is 0.335 e. The summed E-state index contributed by atoms with van der Waals surface area (Å²) in [5.74, 6) is -0.407. The summed E-state index contributed by atoms with van der Waals surface area (Å²) in [5, 5.41) is 9.18. The maximum Gasteiger partial charge on any atom is 0.335 e. The van der Waals surface area contributed by atoms with Crippen LogP contribution in [0.2, 0.25) is 0 Å². The first-order chi connectivity index (χ1) is 5.61. The molecule has 0 spiro atoms. The van der Waals surface area contributed by atoms with E-state index in [2.05, 4.69) is 11.3 Å². The Labute approximate surface area is 70.8 Å². The van der Waals surface area contributed by atoms with Crippen LogP contribution in [0, 0.1) is 0 Å². The van der Waals surface area contributed by atoms with Crippen LogP contribution in [0.1, 0.15) is 13.3 Å². The van der Waals surface area contributed by atoms with E-state index in [1.165, 1.54) is 0 Å². The van der Waals surface area contributed by atoms with Gasteiger partial charge in [-0.05, 0) is 12.5 Å². The molecule has 0 amide bonds. The van der Waals surface area contributed by atoms with Gasteiger partial charge in [-0.25, -0.2) is 4.79 Å². The van der Waals surface area contributed by atoms with E-state index in [1.54, 1.807) is 6.92 Å². The Hall–Kier alpha value is -0.870. The topological polar surface area (TPSA) is 55.8 Å². The van der Waals surface area contributed by atoms with Crippen molar-refractivity contribution >= 4 is 5.97 Å². The Morgan fingerprint density at radius 1 is 1.92 bits per heavy atom. The Balaban J connectivity index is 2.40. The Bertz CT molecular complexity index is 199. The van der Waals surface area contributed by atoms with Crippen LogP contribution in [0.15, 0.2) is 12.2 Å². The molecule has 0 saturated carbocycles. The van der Waals surface area contributed by atoms with Crippen molar-refractivity contribution in [2.24, 2.45) is 0 Å². The van der Waals surface area contributed by atoms with E-state index in [9.17, 15) is 9.90 Å². The van der Waals surface area contributed by atoms with Crippen molar-refractivity contribution in [1.29, 1.82) is 0 Å². The van der Waals surface area contributed by atoms with Crippen LogP contribution in [-0.4, -0.2) is 30.1 Å². The van der Waals surface area contributed by atoms with Crippen molar-refractivity contribution in [1.82, 2.24) is 0 Å². The van der Waals surface area contributed by atoms with E-state index in [4.69, 9.17) is 4.74 Å². The van der Waals surface area contributed by atoms with Gasteiger partial charge < -0.3 is 14.6 Å². The molecule has 0 aromatic rings. The van der Waals surface area contributed by atoms with Crippen LogP contribution in [-0.2, 0) is 14.3 Å². The Morgan fingerprint density at radius 3 is 3.00 bits per heavy atom. The molecule has 4 heteroatoms. The molecular weight excluding hydrogens is 160 g/mol. The van der Waals surface area contributed by atoms with Crippen LogP contribution in [0.4, 0.5) is 0 Å². The lowest BCUT2D eigenvalue weighted by molar-refractivity contribution is -0.160. The van der Waals surface area contributed by atoms with Gasteiger partial charge in [0.1, 0.15) is 0 Å². The summed E-state index contributed by atoms with van der Waals surface area (Å²) in [4.78, 5) is 10.8. The van der Waals surface area contributed by atoms with Crippen LogP contribution >= 0.6 is 0 Å². The average Bonchev–Trinajstić information content (AvgIpc) is 2.36. The molecule has 0 aromatic carbocycles. The van der Waals surface area contributed by atoms with E-state index in [1.807, 2.05) is 0 Å². The highest BCUT2D eigenvalue weighted by atomic mass is 16.6. The molecule has 0 aromatic heterocycles. The predicted molar refractivity (Wildman–Crippen MR) is 41.3 cm³/mol. The Morgan fingerprint density at radius 2 is 2.58 bits per heavy atom. The fraction of sp³-hybridized carbons (Fsp3) is 0.625. The molecule has 1 fully saturated rings. The number of carbonyl (C=O) groups excluding carboxylic acids is 1. The summed E-state index contributed by atoms with van der Waals surface area (Å²) >= 11 is 0. The summed E-state index contributed by atoms with van der Waals surface area (Å²) in [6.45, 7) is 5.49. The number of hydrogen-bond donors (Lipinski definition) is 1. The minimum atomic E-state index is -1.07. The predicted octanol–water partition coefficient (Wildman–Crippen LogP) is 0.213. The van der Waals surface area contributed by atoms with E-state index >= 15 is 0 Å². The molecule has 1 aliphatic rings. The van der Waals surface area contributed by atoms with Gasteiger partial charge in [0.15, 0.2) is 12.4 Å². The molecule has 1 rings (SSSR count). The minimum absolute atomic E-state index is 0.367. The Kier molecular flexibility index (Phi) is 2.83. The second kappa shape index (κ2) is 3.69. The number of aliphatic hydroxyl groups excluding tert-OH is 1. The van der Waals surface area contributed by atoms with Gasteiger partial charge in [0.2, 0.25) is 0 Å². The van der Waals surface area contributed by atoms with Gasteiger partial charge in [-0.15, -0.1) is 0 Å². The van der Waals surface area contributed by atoms with E-state index in [0.29, 0.717) is 18.6 Å². The van der Waals surface area contributed by atoms with Gasteiger partial charge in [0, 0.05) is 6.42 Å². The fourth-order valence-corrected chi connectivity index (χ4v) is 0.873. The van der Waals surface area contributed by atoms with Crippen molar-refractivity contribution in [3.05, 3.63) is 12.2 Å². The lowest BCUT2D eigenvalue weighted by atomic mass is 10.3. The molecule has 0 aliphatic carbocycles. The van der Waals surface area contributed by atoms with Gasteiger partial charge in [-0.2, -0.15) is 0 Å². The summed E-state index contributed by atoms with van der Waals surface area (Å²) in [5.41, 5.74) is 0.481. The maximum atomic E-state index is 10.8. The third kappa shape index (κ3) is 2.06. The average molecular weight is 172 g/mol. The van der Waals surface area contributed by atoms with Gasteiger partial charge in [-0.1, -0.05) is 6.58 Å². The standard InChI is InChI=1S/C8H12O4/c1-5(2)7(9)12-6-3-4-11-8(6)10/h6-7,9H,1,3-4H2,2H3. The van der Waals surface area contributed by atoms with E-state index in [-0.39, 0.29) is 0 Å². The van der Waals surface area contributed by atoms with Gasteiger partial charge >= 0.3 is 5.97 Å². The van der Waals surface area contributed by atoms with Crippen molar-refractivity contribution in [2.45, 2.75) is 25.7 Å². The summed E-state index contributed by atoms with van der Waals surface area (Å²) in [6.07, 6.45) is -1.19. The molecular formula is C8H12O4. The lowest BCUT2D eigenvalue weighted by Crippen LogP contribution is -2.26. The molecule has 1 N–H and O–H groups in total. The lowest BCUT2D eigenvalue weighted by Gasteiger charge is -2.14. The molecule has 2 atom stereocenters. The van der Waals surface area contributed by atoms with Gasteiger partial charge in [-0.3, -0.25) is 0 Å². The highest BCUT2D eigenvalue weighted by Gasteiger charge is 2.29. The molecule has 4 nitrogen and oxygen atoms in total. The molecule has 1 aliphatic heterocycles. The first-order valence-electron chi connectivity index (χ1n) is 3.77. The van der Waals surface area contributed by atoms with Gasteiger partial charge in [0.05, 0.1) is 6.61 Å². The largest absolute Gasteiger partial charge is 0.464 e. The monoisotopic (exact) mass is 172 g/mol. The molecule has 0 radical (unpaired) electrons. The number of rotatable bonds is 3. The third-order valence-electron chi connectivity index (χ3n) is 1.60. The zero-order valence-electron chi connectivity index (χ0n) is 6.95. The summed E-state index contributed by atoms with van der Waals surface area (Å²) < 4.78 is 9.61. The number of cyclic esters (lactones) is 1. The highest BCUT2D eigenvalue weighted by molar-refractivity contribution is 5.76. The molecule has 68 valence electrons. The summed E-state index contributed by atoms with van der Waals surface area (Å²) in [7, 11) is 0. The second-order valence-electron chi connectivity index (χ2n) is 2.78. The van der Waals surface area contributed by atoms with Crippen molar-refractivity contribution < 1.29 is 19.4 Å². The SMILES string of the molecule is C=C(C)C(O)OC1CCOC1=O. The second-order valence-corrected chi connectivity index (χ2v) is 2.78. The number of ether oxygens (including phenoxy) is 2. The molecule has 12 heavy (non-hydrogen) atoms. The molecule has 1 heterocycles. The van der Waals surface area contributed by atoms with Gasteiger partial charge in [0.25, 0.3) is 0 Å². The van der Waals surface area contributed by atoms with Crippen LogP contribution in [0.3, 0.4) is 0 Å². The summed E-state index contributed by atoms with van der Waals surface area (Å²) in [6, 6.07) is 0. The molecule has 2 unspecified atom stereocenters. The normalized spacial score (nSPS) is 25.2. The number of carbonyl (C=O) groups is 1. The molecule has 0 bridgehead atoms. The van der Waals surface area contributed by atoms with E-state index < -0.39 is 18.4 Å². The highest BCUT2D eigenvalue weighted by Crippen LogP contribution is 2.13. The van der Waals surface area contributed by atoms with Crippen LogP contribution in [0.5, 0.6) is 0 Å². The van der Waals surface area contributed by atoms with E-state index in [0.717, 1.165) is 0 Å². The molecule has 1 saturated heterocycles. The van der Waals surface area contributed by atoms with Crippen molar-refractivity contribution in [3.8, 4) is 0 Å². The van der Waals surface area contributed by atoms with Crippen molar-refractivity contribution in [2.75, 3.05) is 6.61 Å². The maximum absolute atomic E-state index is 10.8. The number of aliphatic hydroxyl groups is 1. The number of esters is 1. The first-order valence-corrected chi connectivity index (χ1v) is 3.77. The third-order valence-corrected chi connectivity index (χ3v) is 1.60. The fourth-order valence-electron chi connectivity index (χ4n) is 0.873. The zero-order valence-corrected chi connectivity index (χ0v) is 6.95. The quantitative estimate of drug-likeness (QED) is 0.375.